The predicted molar refractivity (Wildman–Crippen MR) is 60.1 cm³/mol. The average Bonchev–Trinajstić information content (AvgIpc) is 2.16. The Hall–Kier alpha value is -0.790. The highest BCUT2D eigenvalue weighted by atomic mass is 16.5. The van der Waals surface area contributed by atoms with Crippen molar-refractivity contribution in [3.8, 4) is 0 Å². The van der Waals surface area contributed by atoms with Crippen LogP contribution in [-0.4, -0.2) is 13.0 Å². The maximum atomic E-state index is 4.67. The molecule has 0 atom stereocenters. The maximum absolute atomic E-state index is 4.67. The first kappa shape index (κ1) is 14.7. The number of ether oxygens (including phenoxy) is 1. The quantitative estimate of drug-likeness (QED) is 0.371. The van der Waals surface area contributed by atoms with Crippen molar-refractivity contribution in [3.05, 3.63) is 12.8 Å². The van der Waals surface area contributed by atoms with Gasteiger partial charge < -0.3 is 4.74 Å². The van der Waals surface area contributed by atoms with E-state index in [-0.39, 0.29) is 0 Å². The zero-order valence-electron chi connectivity index (χ0n) is 9.47. The van der Waals surface area contributed by atoms with Gasteiger partial charge in [0.25, 0.3) is 0 Å². The summed E-state index contributed by atoms with van der Waals surface area (Å²) < 4.78 is 4.67. The molecule has 0 aliphatic heterocycles. The van der Waals surface area contributed by atoms with Gasteiger partial charge >= 0.3 is 0 Å². The number of aliphatic imine (C=N–C) groups is 1. The highest BCUT2D eigenvalue weighted by molar-refractivity contribution is 5.73. The molecule has 13 heavy (non-hydrogen) atoms. The van der Waals surface area contributed by atoms with Crippen LogP contribution in [0.3, 0.4) is 0 Å². The smallest absolute Gasteiger partial charge is 0.184 e. The van der Waals surface area contributed by atoms with Crippen molar-refractivity contribution in [1.82, 2.24) is 0 Å². The Balaban J connectivity index is 0. The van der Waals surface area contributed by atoms with Gasteiger partial charge in [0, 0.05) is 13.1 Å². The molecule has 0 amide bonds. The van der Waals surface area contributed by atoms with E-state index in [9.17, 15) is 0 Å². The van der Waals surface area contributed by atoms with Gasteiger partial charge in [-0.15, -0.1) is 0 Å². The molecule has 0 saturated heterocycles. The third kappa shape index (κ3) is 18.3. The minimum absolute atomic E-state index is 0.634. The molecule has 0 aromatic heterocycles. The van der Waals surface area contributed by atoms with Gasteiger partial charge in [0.15, 0.2) is 5.90 Å². The Morgan fingerprint density at radius 2 is 1.77 bits per heavy atom. The van der Waals surface area contributed by atoms with E-state index < -0.39 is 0 Å². The molecule has 0 aliphatic rings. The number of hydrogen-bond acceptors (Lipinski definition) is 2. The lowest BCUT2D eigenvalue weighted by Gasteiger charge is -1.90. The Labute approximate surface area is 82.7 Å². The second kappa shape index (κ2) is 13.8. The van der Waals surface area contributed by atoms with E-state index in [1.165, 1.54) is 31.9 Å². The van der Waals surface area contributed by atoms with Crippen LogP contribution in [0.4, 0.5) is 0 Å². The highest BCUT2D eigenvalue weighted by Crippen LogP contribution is 1.95. The van der Waals surface area contributed by atoms with Gasteiger partial charge in [0.1, 0.15) is 0 Å². The van der Waals surface area contributed by atoms with Crippen LogP contribution in [0.15, 0.2) is 17.8 Å². The van der Waals surface area contributed by atoms with Crippen molar-refractivity contribution in [2.75, 3.05) is 7.11 Å². The molecule has 0 spiro atoms. The zero-order chi connectivity index (χ0) is 10.5. The molecule has 0 aromatic rings. The molecule has 0 unspecified atom stereocenters. The summed E-state index contributed by atoms with van der Waals surface area (Å²) in [7, 11) is 1.57. The van der Waals surface area contributed by atoms with Crippen LogP contribution < -0.4 is 0 Å². The van der Waals surface area contributed by atoms with Gasteiger partial charge in [-0.1, -0.05) is 46.1 Å². The molecule has 2 heteroatoms. The average molecular weight is 185 g/mol. The van der Waals surface area contributed by atoms with Crippen LogP contribution in [0.2, 0.25) is 0 Å². The molecule has 0 rings (SSSR count). The molecule has 78 valence electrons. The minimum atomic E-state index is 0.634. The van der Waals surface area contributed by atoms with Crippen LogP contribution >= 0.6 is 0 Å². The van der Waals surface area contributed by atoms with Crippen LogP contribution in [0, 0.1) is 0 Å². The summed E-state index contributed by atoms with van der Waals surface area (Å²) in [4.78, 5) is 3.70. The van der Waals surface area contributed by atoms with E-state index >= 15 is 0 Å². The number of nitrogens with zero attached hydrogens (tertiary/aromatic N) is 1. The summed E-state index contributed by atoms with van der Waals surface area (Å²) in [5.41, 5.74) is 0. The van der Waals surface area contributed by atoms with Crippen molar-refractivity contribution in [1.29, 1.82) is 0 Å². The summed E-state index contributed by atoms with van der Waals surface area (Å²) in [6.07, 6.45) is 6.98. The van der Waals surface area contributed by atoms with E-state index in [0.717, 1.165) is 0 Å². The van der Waals surface area contributed by atoms with Crippen molar-refractivity contribution < 1.29 is 4.74 Å². The van der Waals surface area contributed by atoms with E-state index in [4.69, 9.17) is 0 Å². The lowest BCUT2D eigenvalue weighted by molar-refractivity contribution is 0.400. The topological polar surface area (TPSA) is 21.6 Å². The minimum Gasteiger partial charge on any atom is -0.484 e. The maximum Gasteiger partial charge on any atom is 0.184 e. The first-order chi connectivity index (χ1) is 6.22. The highest BCUT2D eigenvalue weighted by Gasteiger charge is 1.76. The van der Waals surface area contributed by atoms with Gasteiger partial charge in [0.2, 0.25) is 0 Å². The Bertz CT molecular complexity index is 126. The summed E-state index contributed by atoms with van der Waals surface area (Å²) in [5, 5.41) is 0. The van der Waals surface area contributed by atoms with Crippen LogP contribution in [0.25, 0.3) is 0 Å². The van der Waals surface area contributed by atoms with E-state index in [1.807, 2.05) is 0 Å². The van der Waals surface area contributed by atoms with Crippen molar-refractivity contribution in [2.24, 2.45) is 4.99 Å². The fourth-order valence-corrected chi connectivity index (χ4v) is 0.681. The van der Waals surface area contributed by atoms with Crippen molar-refractivity contribution in [2.45, 2.75) is 46.5 Å². The van der Waals surface area contributed by atoms with Crippen molar-refractivity contribution in [3.63, 3.8) is 0 Å². The molecule has 0 saturated carbocycles. The number of hydrogen-bond donors (Lipinski definition) is 0. The molecule has 0 fully saturated rings. The SMILES string of the molecule is C=CN=C(C)OC.CCCCCC. The van der Waals surface area contributed by atoms with Crippen molar-refractivity contribution >= 4 is 5.90 Å². The van der Waals surface area contributed by atoms with Gasteiger partial charge in [-0.3, -0.25) is 0 Å². The second-order valence-electron chi connectivity index (χ2n) is 2.74. The molecular formula is C11H23NO. The summed E-state index contributed by atoms with van der Waals surface area (Å²) >= 11 is 0. The lowest BCUT2D eigenvalue weighted by atomic mass is 10.2. The molecule has 0 aromatic carbocycles. The summed E-state index contributed by atoms with van der Waals surface area (Å²) in [6, 6.07) is 0. The van der Waals surface area contributed by atoms with Crippen LogP contribution in [-0.2, 0) is 4.74 Å². The molecule has 0 N–H and O–H groups in total. The van der Waals surface area contributed by atoms with Crippen LogP contribution in [0.5, 0.6) is 0 Å². The Morgan fingerprint density at radius 1 is 1.31 bits per heavy atom. The zero-order valence-corrected chi connectivity index (χ0v) is 9.47. The third-order valence-electron chi connectivity index (χ3n) is 1.53. The third-order valence-corrected chi connectivity index (χ3v) is 1.53. The van der Waals surface area contributed by atoms with E-state index in [1.54, 1.807) is 14.0 Å². The fraction of sp³-hybridized carbons (Fsp3) is 0.727. The molecular weight excluding hydrogens is 162 g/mol. The Morgan fingerprint density at radius 3 is 1.92 bits per heavy atom. The summed E-state index contributed by atoms with van der Waals surface area (Å²) in [5.74, 6) is 0.634. The lowest BCUT2D eigenvalue weighted by Crippen LogP contribution is -1.90. The predicted octanol–water partition coefficient (Wildman–Crippen LogP) is 3.78. The molecule has 2 nitrogen and oxygen atoms in total. The Kier molecular flexibility index (Phi) is 15.6. The largest absolute Gasteiger partial charge is 0.484 e. The number of methoxy groups -OCH3 is 1. The van der Waals surface area contributed by atoms with Gasteiger partial charge in [-0.25, -0.2) is 4.99 Å². The number of rotatable bonds is 4. The van der Waals surface area contributed by atoms with Crippen LogP contribution in [0.1, 0.15) is 46.5 Å². The van der Waals surface area contributed by atoms with E-state index in [2.05, 4.69) is 30.2 Å². The summed E-state index contributed by atoms with van der Waals surface area (Å²) in [6.45, 7) is 9.61. The number of unbranched alkanes of at least 4 members (excludes halogenated alkanes) is 3. The van der Waals surface area contributed by atoms with Gasteiger partial charge in [0.05, 0.1) is 7.11 Å². The molecule has 0 heterocycles. The van der Waals surface area contributed by atoms with Gasteiger partial charge in [-0.2, -0.15) is 0 Å². The van der Waals surface area contributed by atoms with E-state index in [0.29, 0.717) is 5.90 Å². The molecule has 0 bridgehead atoms. The molecule has 0 radical (unpaired) electrons. The standard InChI is InChI=1S/C6H14.C5H9NO/c1-3-5-6-4-2;1-4-6-5(2)7-3/h3-6H2,1-2H3;4H,1H2,2-3H3. The molecule has 0 aliphatic carbocycles. The van der Waals surface area contributed by atoms with Gasteiger partial charge in [-0.05, 0) is 0 Å². The monoisotopic (exact) mass is 185 g/mol. The first-order valence-corrected chi connectivity index (χ1v) is 4.92. The normalized spacial score (nSPS) is 10.0. The fourth-order valence-electron chi connectivity index (χ4n) is 0.681. The second-order valence-corrected chi connectivity index (χ2v) is 2.74. The first-order valence-electron chi connectivity index (χ1n) is 4.92.